The number of morpholine rings is 1. The van der Waals surface area contributed by atoms with E-state index >= 15 is 0 Å². The summed E-state index contributed by atoms with van der Waals surface area (Å²) in [4.78, 5) is 30.0. The smallest absolute Gasteiger partial charge is 0.250 e. The van der Waals surface area contributed by atoms with Gasteiger partial charge < -0.3 is 10.1 Å². The maximum Gasteiger partial charge on any atom is 0.250 e. The van der Waals surface area contributed by atoms with Crippen molar-refractivity contribution in [1.29, 1.82) is 0 Å². The second kappa shape index (κ2) is 9.78. The zero-order chi connectivity index (χ0) is 20.8. The molecule has 3 rings (SSSR count). The van der Waals surface area contributed by atoms with Crippen LogP contribution >= 0.6 is 11.3 Å². The Balaban J connectivity index is 1.50. The van der Waals surface area contributed by atoms with Crippen molar-refractivity contribution in [2.45, 2.75) is 39.5 Å². The SMILES string of the molecule is CC(=O)Nc1ccc(/C=C/C(=O)Nc2nc(CN3CC(C)OC(C)C3)cs2)cc1. The number of hydrogen-bond acceptors (Lipinski definition) is 6. The first kappa shape index (κ1) is 21.2. The molecule has 1 aromatic heterocycles. The molecule has 29 heavy (non-hydrogen) atoms. The molecule has 0 saturated carbocycles. The maximum atomic E-state index is 12.2. The van der Waals surface area contributed by atoms with Crippen molar-refractivity contribution in [2.75, 3.05) is 23.7 Å². The molecule has 8 heteroatoms. The average molecular weight is 415 g/mol. The molecule has 2 amide bonds. The van der Waals surface area contributed by atoms with E-state index in [0.29, 0.717) is 5.13 Å². The fourth-order valence-corrected chi connectivity index (χ4v) is 3.98. The molecule has 2 N–H and O–H groups in total. The molecule has 0 radical (unpaired) electrons. The summed E-state index contributed by atoms with van der Waals surface area (Å²) < 4.78 is 5.76. The van der Waals surface area contributed by atoms with Crippen LogP contribution in [0.15, 0.2) is 35.7 Å². The van der Waals surface area contributed by atoms with E-state index in [4.69, 9.17) is 4.74 Å². The van der Waals surface area contributed by atoms with Crippen LogP contribution in [0.2, 0.25) is 0 Å². The lowest BCUT2D eigenvalue weighted by Gasteiger charge is -2.34. The summed E-state index contributed by atoms with van der Waals surface area (Å²) in [5, 5.41) is 8.08. The van der Waals surface area contributed by atoms with Crippen molar-refractivity contribution in [3.8, 4) is 0 Å². The third-order valence-electron chi connectivity index (χ3n) is 4.32. The molecule has 2 atom stereocenters. The highest BCUT2D eigenvalue weighted by atomic mass is 32.1. The van der Waals surface area contributed by atoms with Crippen LogP contribution in [0.4, 0.5) is 10.8 Å². The van der Waals surface area contributed by atoms with Crippen LogP contribution in [-0.4, -0.2) is 47.0 Å². The fraction of sp³-hybridized carbons (Fsp3) is 0.381. The second-order valence-electron chi connectivity index (χ2n) is 7.22. The molecule has 0 spiro atoms. The molecule has 1 fully saturated rings. The molecule has 2 aromatic rings. The van der Waals surface area contributed by atoms with Gasteiger partial charge in [0.05, 0.1) is 17.9 Å². The van der Waals surface area contributed by atoms with Crippen LogP contribution in [0.5, 0.6) is 0 Å². The minimum atomic E-state index is -0.231. The van der Waals surface area contributed by atoms with E-state index in [1.54, 1.807) is 18.2 Å². The minimum absolute atomic E-state index is 0.117. The monoisotopic (exact) mass is 414 g/mol. The van der Waals surface area contributed by atoms with Gasteiger partial charge in [0.15, 0.2) is 5.13 Å². The highest BCUT2D eigenvalue weighted by Gasteiger charge is 2.22. The van der Waals surface area contributed by atoms with E-state index in [9.17, 15) is 9.59 Å². The fourth-order valence-electron chi connectivity index (χ4n) is 3.28. The summed E-state index contributed by atoms with van der Waals surface area (Å²) in [7, 11) is 0. The molecule has 0 aliphatic carbocycles. The van der Waals surface area contributed by atoms with Gasteiger partial charge in [0.2, 0.25) is 11.8 Å². The van der Waals surface area contributed by atoms with E-state index in [2.05, 4.69) is 34.4 Å². The number of ether oxygens (including phenoxy) is 1. The van der Waals surface area contributed by atoms with Crippen LogP contribution in [0.3, 0.4) is 0 Å². The van der Waals surface area contributed by atoms with Crippen molar-refractivity contribution in [1.82, 2.24) is 9.88 Å². The van der Waals surface area contributed by atoms with Crippen LogP contribution in [-0.2, 0) is 20.9 Å². The molecule has 2 unspecified atom stereocenters. The van der Waals surface area contributed by atoms with Gasteiger partial charge in [-0.1, -0.05) is 12.1 Å². The highest BCUT2D eigenvalue weighted by Crippen LogP contribution is 2.19. The molecular weight excluding hydrogens is 388 g/mol. The van der Waals surface area contributed by atoms with Gasteiger partial charge in [-0.2, -0.15) is 0 Å². The van der Waals surface area contributed by atoms with Gasteiger partial charge in [-0.15, -0.1) is 11.3 Å². The largest absolute Gasteiger partial charge is 0.373 e. The second-order valence-corrected chi connectivity index (χ2v) is 8.08. The van der Waals surface area contributed by atoms with Gasteiger partial charge in [-0.05, 0) is 37.6 Å². The first-order chi connectivity index (χ1) is 13.9. The minimum Gasteiger partial charge on any atom is -0.373 e. The van der Waals surface area contributed by atoms with Crippen molar-refractivity contribution < 1.29 is 14.3 Å². The molecule has 1 aromatic carbocycles. The zero-order valence-corrected chi connectivity index (χ0v) is 17.7. The number of benzene rings is 1. The van der Waals surface area contributed by atoms with Gasteiger partial charge in [-0.3, -0.25) is 19.8 Å². The standard InChI is InChI=1S/C21H26N4O3S/c1-14-10-25(11-15(2)28-14)12-19-13-29-21(23-19)24-20(27)9-6-17-4-7-18(8-5-17)22-16(3)26/h4-9,13-15H,10-12H2,1-3H3,(H,22,26)(H,23,24,27)/b9-6+. The third-order valence-corrected chi connectivity index (χ3v) is 5.13. The Kier molecular flexibility index (Phi) is 7.13. The third kappa shape index (κ3) is 6.77. The number of hydrogen-bond donors (Lipinski definition) is 2. The number of carbonyl (C=O) groups excluding carboxylic acids is 2. The maximum absolute atomic E-state index is 12.2. The molecule has 7 nitrogen and oxygen atoms in total. The first-order valence-corrected chi connectivity index (χ1v) is 10.4. The van der Waals surface area contributed by atoms with E-state index in [-0.39, 0.29) is 24.0 Å². The summed E-state index contributed by atoms with van der Waals surface area (Å²) in [6.45, 7) is 8.13. The lowest BCUT2D eigenvalue weighted by Crippen LogP contribution is -2.44. The number of carbonyl (C=O) groups is 2. The van der Waals surface area contributed by atoms with E-state index in [1.165, 1.54) is 24.3 Å². The van der Waals surface area contributed by atoms with Crippen LogP contribution in [0.25, 0.3) is 6.08 Å². The van der Waals surface area contributed by atoms with Gasteiger partial charge >= 0.3 is 0 Å². The summed E-state index contributed by atoms with van der Waals surface area (Å²) in [6.07, 6.45) is 3.63. The van der Waals surface area contributed by atoms with Crippen LogP contribution in [0, 0.1) is 0 Å². The number of amides is 2. The predicted octanol–water partition coefficient (Wildman–Crippen LogP) is 3.36. The predicted molar refractivity (Wildman–Crippen MR) is 116 cm³/mol. The number of nitrogens with zero attached hydrogens (tertiary/aromatic N) is 2. The van der Waals surface area contributed by atoms with Gasteiger partial charge in [0.1, 0.15) is 0 Å². The summed E-state index contributed by atoms with van der Waals surface area (Å²) in [6, 6.07) is 7.25. The van der Waals surface area contributed by atoms with Gasteiger partial charge in [-0.25, -0.2) is 4.98 Å². The molecule has 1 aliphatic heterocycles. The molecule has 1 aliphatic rings. The average Bonchev–Trinajstić information content (AvgIpc) is 3.06. The Bertz CT molecular complexity index is 868. The Morgan fingerprint density at radius 1 is 1.21 bits per heavy atom. The van der Waals surface area contributed by atoms with Crippen molar-refractivity contribution >= 4 is 40.0 Å². The first-order valence-electron chi connectivity index (χ1n) is 9.56. The molecule has 2 heterocycles. The zero-order valence-electron chi connectivity index (χ0n) is 16.8. The van der Waals surface area contributed by atoms with Crippen LogP contribution < -0.4 is 10.6 Å². The lowest BCUT2D eigenvalue weighted by atomic mass is 10.2. The topological polar surface area (TPSA) is 83.6 Å². The lowest BCUT2D eigenvalue weighted by molar-refractivity contribution is -0.114. The summed E-state index contributed by atoms with van der Waals surface area (Å²) in [5.41, 5.74) is 2.53. The molecular formula is C21H26N4O3S. The van der Waals surface area contributed by atoms with Crippen molar-refractivity contribution in [2.24, 2.45) is 0 Å². The highest BCUT2D eigenvalue weighted by molar-refractivity contribution is 7.13. The number of anilines is 2. The molecule has 154 valence electrons. The Morgan fingerprint density at radius 3 is 2.55 bits per heavy atom. The molecule has 1 saturated heterocycles. The Labute approximate surface area is 174 Å². The van der Waals surface area contributed by atoms with Crippen LogP contribution in [0.1, 0.15) is 32.0 Å². The summed E-state index contributed by atoms with van der Waals surface area (Å²) in [5.74, 6) is -0.349. The van der Waals surface area contributed by atoms with Crippen molar-refractivity contribution in [3.05, 3.63) is 47.0 Å². The van der Waals surface area contributed by atoms with E-state index in [0.717, 1.165) is 36.6 Å². The summed E-state index contributed by atoms with van der Waals surface area (Å²) >= 11 is 1.42. The molecule has 0 bridgehead atoms. The van der Waals surface area contributed by atoms with Gasteiger partial charge in [0, 0.05) is 43.7 Å². The number of nitrogens with one attached hydrogen (secondary N) is 2. The van der Waals surface area contributed by atoms with Crippen molar-refractivity contribution in [3.63, 3.8) is 0 Å². The number of aromatic nitrogens is 1. The Hall–Kier alpha value is -2.55. The van der Waals surface area contributed by atoms with E-state index in [1.807, 2.05) is 17.5 Å². The number of rotatable bonds is 6. The Morgan fingerprint density at radius 2 is 1.90 bits per heavy atom. The quantitative estimate of drug-likeness (QED) is 0.708. The van der Waals surface area contributed by atoms with Gasteiger partial charge in [0.25, 0.3) is 0 Å². The van der Waals surface area contributed by atoms with E-state index < -0.39 is 0 Å². The normalized spacial score (nSPS) is 20.0. The number of thiazole rings is 1.